The molecule has 176 valence electrons. The van der Waals surface area contributed by atoms with Gasteiger partial charge in [-0.25, -0.2) is 4.98 Å². The Morgan fingerprint density at radius 1 is 1.30 bits per heavy atom. The molecule has 3 heterocycles. The number of rotatable bonds is 5. The average molecular weight is 448 g/mol. The Kier molecular flexibility index (Phi) is 5.60. The molecular weight excluding hydrogens is 410 g/mol. The minimum absolute atomic E-state index is 0.00900. The molecule has 6 nitrogen and oxygen atoms in total. The van der Waals surface area contributed by atoms with Gasteiger partial charge in [-0.3, -0.25) is 9.69 Å². The monoisotopic (exact) mass is 447 g/mol. The third kappa shape index (κ3) is 3.88. The molecule has 0 bridgehead atoms. The Bertz CT molecular complexity index is 1140. The third-order valence-corrected chi connectivity index (χ3v) is 7.62. The van der Waals surface area contributed by atoms with Gasteiger partial charge in [0, 0.05) is 53.5 Å². The number of hydrogen-bond acceptors (Lipinski definition) is 3. The summed E-state index contributed by atoms with van der Waals surface area (Å²) in [5.41, 5.74) is 4.27. The van der Waals surface area contributed by atoms with Crippen molar-refractivity contribution in [3.8, 4) is 0 Å². The van der Waals surface area contributed by atoms with Crippen LogP contribution in [0.2, 0.25) is 0 Å². The van der Waals surface area contributed by atoms with Crippen LogP contribution in [0.4, 0.5) is 0 Å². The number of nitrogens with one attached hydrogen (secondary N) is 1. The van der Waals surface area contributed by atoms with Crippen LogP contribution in [-0.2, 0) is 16.8 Å². The summed E-state index contributed by atoms with van der Waals surface area (Å²) in [5, 5.41) is 4.66. The van der Waals surface area contributed by atoms with Crippen LogP contribution in [0.25, 0.3) is 10.9 Å². The largest absolute Gasteiger partial charge is 0.342 e. The lowest BCUT2D eigenvalue weighted by atomic mass is 9.72. The molecule has 33 heavy (non-hydrogen) atoms. The zero-order chi connectivity index (χ0) is 23.3. The molecule has 1 aromatic carbocycles. The number of carbonyl (C=O) groups excluding carboxylic acids is 1. The van der Waals surface area contributed by atoms with Gasteiger partial charge in [0.25, 0.3) is 0 Å². The lowest BCUT2D eigenvalue weighted by Gasteiger charge is -2.46. The highest BCUT2D eigenvalue weighted by atomic mass is 16.2. The predicted octanol–water partition coefficient (Wildman–Crippen LogP) is 4.67. The van der Waals surface area contributed by atoms with Crippen LogP contribution >= 0.6 is 0 Å². The van der Waals surface area contributed by atoms with E-state index in [4.69, 9.17) is 0 Å². The molecule has 2 aliphatic rings. The molecule has 4 atom stereocenters. The molecule has 1 aliphatic heterocycles. The number of amides is 1. The minimum Gasteiger partial charge on any atom is -0.342 e. The molecule has 0 spiro atoms. The van der Waals surface area contributed by atoms with Crippen molar-refractivity contribution in [2.75, 3.05) is 13.1 Å². The van der Waals surface area contributed by atoms with Crippen molar-refractivity contribution < 1.29 is 4.79 Å². The molecule has 1 aliphatic carbocycles. The summed E-state index contributed by atoms with van der Waals surface area (Å²) < 4.78 is 4.38. The minimum atomic E-state index is -0.0976. The number of nitrogens with zero attached hydrogens (tertiary/aromatic N) is 4. The number of hydrogen-bond donors (Lipinski definition) is 1. The van der Waals surface area contributed by atoms with Gasteiger partial charge in [0.15, 0.2) is 0 Å². The number of benzene rings is 1. The first-order valence-electron chi connectivity index (χ1n) is 12.4. The van der Waals surface area contributed by atoms with E-state index >= 15 is 0 Å². The van der Waals surface area contributed by atoms with Gasteiger partial charge in [0.2, 0.25) is 5.91 Å². The topological polar surface area (TPSA) is 55.1 Å². The van der Waals surface area contributed by atoms with E-state index in [0.717, 1.165) is 32.4 Å². The molecule has 1 saturated heterocycles. The fourth-order valence-electron chi connectivity index (χ4n) is 6.09. The summed E-state index contributed by atoms with van der Waals surface area (Å²) in [6, 6.07) is 7.25. The first-order valence-corrected chi connectivity index (χ1v) is 12.4. The molecule has 1 unspecified atom stereocenters. The summed E-state index contributed by atoms with van der Waals surface area (Å²) in [6.07, 6.45) is 10.8. The summed E-state index contributed by atoms with van der Waals surface area (Å²) in [6.45, 7) is 13.0. The van der Waals surface area contributed by atoms with Gasteiger partial charge in [-0.2, -0.15) is 0 Å². The van der Waals surface area contributed by atoms with Crippen molar-refractivity contribution in [1.29, 1.82) is 0 Å². The Balaban J connectivity index is 1.48. The van der Waals surface area contributed by atoms with Crippen LogP contribution in [0, 0.1) is 5.92 Å². The number of fused-ring (bicyclic) bond motifs is 2. The van der Waals surface area contributed by atoms with E-state index in [9.17, 15) is 4.79 Å². The summed E-state index contributed by atoms with van der Waals surface area (Å²) in [4.78, 5) is 20.1. The first kappa shape index (κ1) is 22.2. The molecule has 0 radical (unpaired) electrons. The lowest BCUT2D eigenvalue weighted by Crippen LogP contribution is -2.53. The maximum absolute atomic E-state index is 13.4. The summed E-state index contributed by atoms with van der Waals surface area (Å²) in [5.74, 6) is 0.530. The van der Waals surface area contributed by atoms with E-state index in [2.05, 4.69) is 71.9 Å². The molecule has 1 fully saturated rings. The number of aromatic nitrogens is 3. The zero-order valence-corrected chi connectivity index (χ0v) is 20.6. The van der Waals surface area contributed by atoms with Crippen LogP contribution < -0.4 is 5.32 Å². The highest BCUT2D eigenvalue weighted by molar-refractivity contribution is 5.89. The Morgan fingerprint density at radius 3 is 2.82 bits per heavy atom. The highest BCUT2D eigenvalue weighted by Gasteiger charge is 2.43. The second kappa shape index (κ2) is 8.32. The quantitative estimate of drug-likeness (QED) is 0.618. The average Bonchev–Trinajstić information content (AvgIpc) is 3.43. The molecule has 1 N–H and O–H groups in total. The van der Waals surface area contributed by atoms with E-state index < -0.39 is 0 Å². The van der Waals surface area contributed by atoms with Crippen LogP contribution in [-0.4, -0.2) is 44.1 Å². The van der Waals surface area contributed by atoms with Crippen molar-refractivity contribution in [2.45, 2.75) is 77.5 Å². The smallest absolute Gasteiger partial charge is 0.226 e. The van der Waals surface area contributed by atoms with Gasteiger partial charge >= 0.3 is 0 Å². The Morgan fingerprint density at radius 2 is 2.12 bits per heavy atom. The van der Waals surface area contributed by atoms with Crippen molar-refractivity contribution in [3.63, 3.8) is 0 Å². The van der Waals surface area contributed by atoms with Gasteiger partial charge in [0.05, 0.1) is 12.2 Å². The number of carbonyl (C=O) groups is 1. The van der Waals surface area contributed by atoms with Gasteiger partial charge in [0.1, 0.15) is 6.17 Å². The normalized spacial score (nSPS) is 24.0. The van der Waals surface area contributed by atoms with E-state index in [1.807, 2.05) is 17.7 Å². The number of likely N-dealkylation sites (tertiary alicyclic amines) is 1. The Labute approximate surface area is 197 Å². The first-order chi connectivity index (χ1) is 15.8. The Hall–Kier alpha value is -2.60. The molecular formula is C27H37N5O. The second-order valence-electron chi connectivity index (χ2n) is 10.9. The summed E-state index contributed by atoms with van der Waals surface area (Å²) >= 11 is 0. The van der Waals surface area contributed by atoms with Gasteiger partial charge in [-0.05, 0) is 70.7 Å². The third-order valence-electron chi connectivity index (χ3n) is 7.62. The lowest BCUT2D eigenvalue weighted by molar-refractivity contribution is -0.129. The molecule has 3 aromatic rings. The highest BCUT2D eigenvalue weighted by Crippen LogP contribution is 2.46. The maximum Gasteiger partial charge on any atom is 0.226 e. The van der Waals surface area contributed by atoms with Crippen molar-refractivity contribution >= 4 is 16.8 Å². The van der Waals surface area contributed by atoms with Crippen molar-refractivity contribution in [2.24, 2.45) is 5.92 Å². The van der Waals surface area contributed by atoms with E-state index in [1.54, 1.807) is 12.5 Å². The number of piperidine rings is 1. The molecule has 5 rings (SSSR count). The van der Waals surface area contributed by atoms with Crippen LogP contribution in [0.3, 0.4) is 0 Å². The summed E-state index contributed by atoms with van der Waals surface area (Å²) in [7, 11) is 0. The van der Waals surface area contributed by atoms with Crippen LogP contribution in [0.5, 0.6) is 0 Å². The van der Waals surface area contributed by atoms with Crippen molar-refractivity contribution in [3.05, 3.63) is 54.2 Å². The van der Waals surface area contributed by atoms with E-state index in [0.29, 0.717) is 12.0 Å². The zero-order valence-electron chi connectivity index (χ0n) is 20.6. The van der Waals surface area contributed by atoms with Gasteiger partial charge < -0.3 is 14.5 Å². The van der Waals surface area contributed by atoms with Gasteiger partial charge in [-0.1, -0.05) is 19.1 Å². The number of imidazole rings is 1. The fraction of sp³-hybridized carbons (Fsp3) is 0.556. The fourth-order valence-corrected chi connectivity index (χ4v) is 6.09. The van der Waals surface area contributed by atoms with E-state index in [-0.39, 0.29) is 23.5 Å². The van der Waals surface area contributed by atoms with Crippen LogP contribution in [0.1, 0.15) is 70.7 Å². The standard InChI is InChI=1S/C27H37N5O/c1-6-11-30-15-20(26(33)29-18(2)31-12-10-28-17-31)13-22-21-8-7-9-23-25(21)19(14-24(22)30)16-32(23)27(3,4)5/h7-10,12,16-18,20,22,24H,6,11,13-15H2,1-5H3,(H,29,33)/t18?,20-,22-,24-/m1/s1. The van der Waals surface area contributed by atoms with Crippen LogP contribution in [0.15, 0.2) is 43.1 Å². The predicted molar refractivity (Wildman–Crippen MR) is 132 cm³/mol. The van der Waals surface area contributed by atoms with Crippen molar-refractivity contribution in [1.82, 2.24) is 24.3 Å². The van der Waals surface area contributed by atoms with E-state index in [1.165, 1.54) is 22.0 Å². The molecule has 6 heteroatoms. The second-order valence-corrected chi connectivity index (χ2v) is 10.9. The molecule has 0 saturated carbocycles. The SMILES string of the molecule is CCCN1C[C@H](C(=O)NC(C)n2ccnc2)C[C@@H]2c3cccc4c3c(cn4C(C)(C)C)C[C@H]21. The molecule has 1 amide bonds. The van der Waals surface area contributed by atoms with Gasteiger partial charge in [-0.15, -0.1) is 0 Å². The molecule has 2 aromatic heterocycles. The maximum atomic E-state index is 13.4.